The van der Waals surface area contributed by atoms with Crippen LogP contribution in [0.4, 0.5) is 14.6 Å². The highest BCUT2D eigenvalue weighted by molar-refractivity contribution is 6.33. The van der Waals surface area contributed by atoms with Crippen molar-refractivity contribution in [2.45, 2.75) is 12.1 Å². The van der Waals surface area contributed by atoms with Crippen molar-refractivity contribution in [3.05, 3.63) is 48.0 Å². The first-order valence-electron chi connectivity index (χ1n) is 13.1. The molecular formula is C27H27ClF2N8O3. The van der Waals surface area contributed by atoms with E-state index in [1.165, 1.54) is 24.5 Å². The fourth-order valence-electron chi connectivity index (χ4n) is 5.19. The molecule has 0 spiro atoms. The van der Waals surface area contributed by atoms with Crippen LogP contribution in [-0.4, -0.2) is 99.4 Å². The van der Waals surface area contributed by atoms with Crippen molar-refractivity contribution >= 4 is 45.1 Å². The van der Waals surface area contributed by atoms with Gasteiger partial charge in [-0.25, -0.2) is 13.8 Å². The van der Waals surface area contributed by atoms with E-state index in [4.69, 9.17) is 21.1 Å². The molecule has 14 heteroatoms. The molecule has 214 valence electrons. The predicted octanol–water partition coefficient (Wildman–Crippen LogP) is 3.74. The van der Waals surface area contributed by atoms with Gasteiger partial charge in [0.2, 0.25) is 11.8 Å². The number of nitrogens with zero attached hydrogens (tertiary/aromatic N) is 7. The number of pyridine rings is 1. The van der Waals surface area contributed by atoms with Gasteiger partial charge in [0.15, 0.2) is 11.4 Å². The Morgan fingerprint density at radius 2 is 2.05 bits per heavy atom. The number of alkyl halides is 1. The smallest absolute Gasteiger partial charge is 0.319 e. The lowest BCUT2D eigenvalue weighted by molar-refractivity contribution is -0.126. The molecule has 3 aromatic heterocycles. The van der Waals surface area contributed by atoms with E-state index in [2.05, 4.69) is 31.7 Å². The highest BCUT2D eigenvalue weighted by Gasteiger charge is 2.38. The summed E-state index contributed by atoms with van der Waals surface area (Å²) in [6.45, 7) is 6.06. The number of hydrogen-bond acceptors (Lipinski definition) is 9. The van der Waals surface area contributed by atoms with Crippen molar-refractivity contribution in [2.24, 2.45) is 0 Å². The van der Waals surface area contributed by atoms with E-state index in [1.807, 2.05) is 16.8 Å². The lowest BCUT2D eigenvalue weighted by Crippen LogP contribution is -2.48. The Labute approximate surface area is 238 Å². The number of rotatable bonds is 7. The summed E-state index contributed by atoms with van der Waals surface area (Å²) in [6.07, 6.45) is 4.61. The highest BCUT2D eigenvalue weighted by atomic mass is 35.5. The minimum atomic E-state index is -1.54. The van der Waals surface area contributed by atoms with Gasteiger partial charge in [-0.3, -0.25) is 9.89 Å². The number of amides is 1. The second-order valence-corrected chi connectivity index (χ2v) is 10.6. The number of ether oxygens (including phenoxy) is 2. The van der Waals surface area contributed by atoms with E-state index in [9.17, 15) is 9.18 Å². The second kappa shape index (κ2) is 10.7. The summed E-state index contributed by atoms with van der Waals surface area (Å²) in [5.74, 6) is -0.278. The van der Waals surface area contributed by atoms with Crippen LogP contribution in [0.5, 0.6) is 17.6 Å². The molecule has 6 rings (SSSR count). The first-order valence-corrected chi connectivity index (χ1v) is 13.4. The van der Waals surface area contributed by atoms with E-state index in [0.717, 1.165) is 0 Å². The first kappa shape index (κ1) is 27.1. The predicted molar refractivity (Wildman–Crippen MR) is 149 cm³/mol. The van der Waals surface area contributed by atoms with Gasteiger partial charge in [0, 0.05) is 51.5 Å². The molecule has 0 radical (unpaired) electrons. The summed E-state index contributed by atoms with van der Waals surface area (Å²) in [5, 5.41) is 7.46. The molecule has 4 aromatic rings. The van der Waals surface area contributed by atoms with Gasteiger partial charge < -0.3 is 24.2 Å². The Balaban J connectivity index is 1.40. The molecule has 0 saturated carbocycles. The maximum atomic E-state index is 15.4. The number of piperazine rings is 1. The third kappa shape index (κ3) is 5.22. The summed E-state index contributed by atoms with van der Waals surface area (Å²) < 4.78 is 41.9. The molecule has 1 aromatic carbocycles. The average Bonchev–Trinajstić information content (AvgIpc) is 3.59. The van der Waals surface area contributed by atoms with Crippen molar-refractivity contribution in [3.63, 3.8) is 0 Å². The van der Waals surface area contributed by atoms with Gasteiger partial charge >= 0.3 is 6.01 Å². The van der Waals surface area contributed by atoms with E-state index in [-0.39, 0.29) is 47.2 Å². The minimum Gasteiger partial charge on any atom is -0.460 e. The molecule has 2 saturated heterocycles. The zero-order valence-electron chi connectivity index (χ0n) is 22.2. The number of hydrogen-bond donors (Lipinski definition) is 1. The lowest BCUT2D eigenvalue weighted by Gasteiger charge is -2.35. The number of benzene rings is 1. The SMILES string of the molecule is C=CC(=O)N1CCN(c2nc(OC[C@@]3(F)CCN(C)C3)nc3c(Oc4c(Cl)c(F)cc5[nH]ncc45)nccc23)CC1. The number of carbonyl (C=O) groups is 1. The number of likely N-dealkylation sites (tertiary alicyclic amines) is 1. The summed E-state index contributed by atoms with van der Waals surface area (Å²) in [4.78, 5) is 31.3. The van der Waals surface area contributed by atoms with Crippen LogP contribution < -0.4 is 14.4 Å². The quantitative estimate of drug-likeness (QED) is 0.325. The monoisotopic (exact) mass is 584 g/mol. The van der Waals surface area contributed by atoms with Crippen LogP contribution in [0.2, 0.25) is 5.02 Å². The fourth-order valence-corrected chi connectivity index (χ4v) is 5.38. The van der Waals surface area contributed by atoms with Gasteiger partial charge in [0.05, 0.1) is 22.5 Å². The Kier molecular flexibility index (Phi) is 7.08. The number of aromatic amines is 1. The maximum absolute atomic E-state index is 15.4. The molecule has 0 aliphatic carbocycles. The zero-order valence-corrected chi connectivity index (χ0v) is 23.0. The number of aromatic nitrogens is 5. The number of carbonyl (C=O) groups excluding carboxylic acids is 1. The van der Waals surface area contributed by atoms with Crippen LogP contribution in [0.1, 0.15) is 6.42 Å². The van der Waals surface area contributed by atoms with Crippen molar-refractivity contribution < 1.29 is 23.0 Å². The van der Waals surface area contributed by atoms with Gasteiger partial charge in [0.1, 0.15) is 28.8 Å². The van der Waals surface area contributed by atoms with Gasteiger partial charge in [-0.15, -0.1) is 0 Å². The fraction of sp³-hybridized carbons (Fsp3) is 0.370. The van der Waals surface area contributed by atoms with Gasteiger partial charge in [-0.1, -0.05) is 18.2 Å². The number of halogens is 3. The first-order chi connectivity index (χ1) is 19.7. The van der Waals surface area contributed by atoms with E-state index >= 15 is 4.39 Å². The number of H-pyrrole nitrogens is 1. The second-order valence-electron chi connectivity index (χ2n) is 10.2. The average molecular weight is 585 g/mol. The van der Waals surface area contributed by atoms with Gasteiger partial charge in [-0.05, 0) is 25.6 Å². The van der Waals surface area contributed by atoms with Crippen LogP contribution in [0.25, 0.3) is 21.8 Å². The minimum absolute atomic E-state index is 0.0197. The number of fused-ring (bicyclic) bond motifs is 2. The molecule has 11 nitrogen and oxygen atoms in total. The maximum Gasteiger partial charge on any atom is 0.319 e. The molecule has 1 atom stereocenters. The molecule has 0 bridgehead atoms. The van der Waals surface area contributed by atoms with Crippen LogP contribution in [0, 0.1) is 5.82 Å². The Morgan fingerprint density at radius 1 is 1.24 bits per heavy atom. The standard InChI is InChI=1S/C27H27ClF2N8O3/c1-3-20(39)37-8-10-38(11-9-37)24-16-4-6-31-25(41-23-17-13-32-35-19(17)12-18(29)21(23)28)22(16)33-26(34-24)40-15-27(30)5-7-36(2)14-27/h3-4,6,12-13H,1,5,7-11,14-15H2,2H3,(H,32,35)/t27-/m1/s1. The molecule has 41 heavy (non-hydrogen) atoms. The Morgan fingerprint density at radius 3 is 2.78 bits per heavy atom. The summed E-state index contributed by atoms with van der Waals surface area (Å²) in [6, 6.07) is 2.90. The van der Waals surface area contributed by atoms with Crippen LogP contribution in [0.3, 0.4) is 0 Å². The van der Waals surface area contributed by atoms with Crippen LogP contribution in [0.15, 0.2) is 37.2 Å². The number of anilines is 1. The Hall–Kier alpha value is -4.10. The molecular weight excluding hydrogens is 558 g/mol. The molecule has 1 N–H and O–H groups in total. The van der Waals surface area contributed by atoms with E-state index in [1.54, 1.807) is 11.0 Å². The highest BCUT2D eigenvalue weighted by Crippen LogP contribution is 2.40. The molecule has 0 unspecified atom stereocenters. The van der Waals surface area contributed by atoms with Crippen molar-refractivity contribution in [1.29, 1.82) is 0 Å². The summed E-state index contributed by atoms with van der Waals surface area (Å²) >= 11 is 6.30. The largest absolute Gasteiger partial charge is 0.460 e. The zero-order chi connectivity index (χ0) is 28.7. The van der Waals surface area contributed by atoms with Gasteiger partial charge in [0.25, 0.3) is 0 Å². The Bertz CT molecular complexity index is 1640. The topological polar surface area (TPSA) is 113 Å². The molecule has 2 aliphatic rings. The summed E-state index contributed by atoms with van der Waals surface area (Å²) in [7, 11) is 1.85. The van der Waals surface area contributed by atoms with E-state index in [0.29, 0.717) is 61.3 Å². The van der Waals surface area contributed by atoms with Crippen molar-refractivity contribution in [3.8, 4) is 17.6 Å². The van der Waals surface area contributed by atoms with Crippen LogP contribution in [-0.2, 0) is 4.79 Å². The number of nitrogens with one attached hydrogen (secondary N) is 1. The molecule has 5 heterocycles. The third-order valence-electron chi connectivity index (χ3n) is 7.35. The van der Waals surface area contributed by atoms with E-state index < -0.39 is 11.5 Å². The van der Waals surface area contributed by atoms with Crippen molar-refractivity contribution in [2.75, 3.05) is 57.8 Å². The van der Waals surface area contributed by atoms with Crippen LogP contribution >= 0.6 is 11.6 Å². The normalized spacial score (nSPS) is 19.7. The molecule has 1 amide bonds. The lowest BCUT2D eigenvalue weighted by atomic mass is 10.1. The van der Waals surface area contributed by atoms with Crippen molar-refractivity contribution in [1.82, 2.24) is 34.9 Å². The molecule has 2 fully saturated rings. The molecule has 2 aliphatic heterocycles. The third-order valence-corrected chi connectivity index (χ3v) is 7.71. The van der Waals surface area contributed by atoms with Gasteiger partial charge in [-0.2, -0.15) is 15.1 Å². The summed E-state index contributed by atoms with van der Waals surface area (Å²) in [5.41, 5.74) is -0.881.